The van der Waals surface area contributed by atoms with Gasteiger partial charge in [-0.25, -0.2) is 4.79 Å². The number of rotatable bonds is 5. The number of carbonyl (C=O) groups excluding carboxylic acids is 1. The van der Waals surface area contributed by atoms with E-state index in [1.54, 1.807) is 0 Å². The number of carbonyl (C=O) groups is 2. The Hall–Kier alpha value is -2.83. The van der Waals surface area contributed by atoms with E-state index in [-0.39, 0.29) is 17.2 Å². The molecule has 2 aliphatic heterocycles. The van der Waals surface area contributed by atoms with E-state index >= 15 is 0 Å². The van der Waals surface area contributed by atoms with Crippen molar-refractivity contribution in [3.05, 3.63) is 35.9 Å². The molecule has 142 valence electrons. The highest BCUT2D eigenvalue weighted by molar-refractivity contribution is 5.99. The van der Waals surface area contributed by atoms with Gasteiger partial charge in [-0.3, -0.25) is 4.79 Å². The van der Waals surface area contributed by atoms with Crippen LogP contribution in [0.5, 0.6) is 0 Å². The van der Waals surface area contributed by atoms with Gasteiger partial charge in [-0.05, 0) is 25.2 Å². The van der Waals surface area contributed by atoms with Gasteiger partial charge in [-0.1, -0.05) is 35.5 Å². The largest absolute Gasteiger partial charge is 0.477 e. The lowest BCUT2D eigenvalue weighted by atomic mass is 9.97. The van der Waals surface area contributed by atoms with Gasteiger partial charge in [0.25, 0.3) is 0 Å². The van der Waals surface area contributed by atoms with Gasteiger partial charge in [-0.15, -0.1) is 0 Å². The Bertz CT molecular complexity index is 833. The Morgan fingerprint density at radius 1 is 1.22 bits per heavy atom. The first-order valence-corrected chi connectivity index (χ1v) is 9.44. The summed E-state index contributed by atoms with van der Waals surface area (Å²) in [5, 5.41) is 13.9. The van der Waals surface area contributed by atoms with Crippen LogP contribution in [0.15, 0.2) is 34.9 Å². The van der Waals surface area contributed by atoms with Crippen molar-refractivity contribution in [1.29, 1.82) is 0 Å². The third-order valence-electron chi connectivity index (χ3n) is 5.39. The van der Waals surface area contributed by atoms with E-state index in [2.05, 4.69) is 5.16 Å². The van der Waals surface area contributed by atoms with Crippen molar-refractivity contribution in [2.24, 2.45) is 5.92 Å². The van der Waals surface area contributed by atoms with Crippen LogP contribution in [0, 0.1) is 5.92 Å². The fourth-order valence-corrected chi connectivity index (χ4v) is 4.09. The van der Waals surface area contributed by atoms with Crippen molar-refractivity contribution in [2.75, 3.05) is 31.1 Å². The fourth-order valence-electron chi connectivity index (χ4n) is 4.09. The molecule has 0 radical (unpaired) electrons. The van der Waals surface area contributed by atoms with Crippen LogP contribution in [0.4, 0.5) is 5.82 Å². The van der Waals surface area contributed by atoms with E-state index in [4.69, 9.17) is 4.52 Å². The Labute approximate surface area is 157 Å². The molecule has 7 heteroatoms. The molecule has 2 aromatic rings. The summed E-state index contributed by atoms with van der Waals surface area (Å²) in [4.78, 5) is 27.8. The molecule has 0 aliphatic carbocycles. The van der Waals surface area contributed by atoms with E-state index in [0.717, 1.165) is 38.9 Å². The maximum Gasteiger partial charge on any atom is 0.343 e. The predicted molar refractivity (Wildman–Crippen MR) is 99.6 cm³/mol. The van der Waals surface area contributed by atoms with E-state index in [9.17, 15) is 14.7 Å². The maximum absolute atomic E-state index is 11.9. The SMILES string of the molecule is O=C(O)c1c(N2CCCC(CN3CCCC3=O)C2)noc1-c1ccccc1. The first-order valence-electron chi connectivity index (χ1n) is 9.44. The molecule has 0 saturated carbocycles. The van der Waals surface area contributed by atoms with Crippen LogP contribution in [0.1, 0.15) is 36.0 Å². The van der Waals surface area contributed by atoms with Gasteiger partial charge in [0.1, 0.15) is 0 Å². The van der Waals surface area contributed by atoms with Crippen LogP contribution < -0.4 is 4.90 Å². The van der Waals surface area contributed by atoms with Crippen LogP contribution in [0.2, 0.25) is 0 Å². The van der Waals surface area contributed by atoms with Gasteiger partial charge < -0.3 is 19.4 Å². The molecule has 1 amide bonds. The van der Waals surface area contributed by atoms with E-state index < -0.39 is 5.97 Å². The number of hydrogen-bond donors (Lipinski definition) is 1. The highest BCUT2D eigenvalue weighted by Crippen LogP contribution is 2.33. The molecular weight excluding hydrogens is 346 g/mol. The van der Waals surface area contributed by atoms with Gasteiger partial charge in [0.05, 0.1) is 0 Å². The van der Waals surface area contributed by atoms with E-state index in [1.807, 2.05) is 40.1 Å². The van der Waals surface area contributed by atoms with Gasteiger partial charge in [-0.2, -0.15) is 0 Å². The Morgan fingerprint density at radius 2 is 2.04 bits per heavy atom. The van der Waals surface area contributed by atoms with Gasteiger partial charge in [0, 0.05) is 38.2 Å². The minimum atomic E-state index is -1.04. The van der Waals surface area contributed by atoms with Crippen LogP contribution >= 0.6 is 0 Å². The zero-order valence-corrected chi connectivity index (χ0v) is 15.1. The molecule has 27 heavy (non-hydrogen) atoms. The number of hydrogen-bond acceptors (Lipinski definition) is 5. The van der Waals surface area contributed by atoms with E-state index in [1.165, 1.54) is 0 Å². The molecule has 2 aliphatic rings. The summed E-state index contributed by atoms with van der Waals surface area (Å²) in [5.74, 6) is 0.182. The Balaban J connectivity index is 1.56. The van der Waals surface area contributed by atoms with Crippen molar-refractivity contribution in [3.8, 4) is 11.3 Å². The number of benzene rings is 1. The van der Waals surface area contributed by atoms with E-state index in [0.29, 0.717) is 30.3 Å². The summed E-state index contributed by atoms with van der Waals surface area (Å²) < 4.78 is 5.45. The quantitative estimate of drug-likeness (QED) is 0.872. The van der Waals surface area contributed by atoms with Crippen molar-refractivity contribution >= 4 is 17.7 Å². The number of carboxylic acid groups (broad SMARTS) is 1. The summed E-state index contributed by atoms with van der Waals surface area (Å²) >= 11 is 0. The fraction of sp³-hybridized carbons (Fsp3) is 0.450. The number of aromatic nitrogens is 1. The molecule has 2 saturated heterocycles. The molecule has 1 atom stereocenters. The molecule has 1 N–H and O–H groups in total. The molecule has 2 fully saturated rings. The highest BCUT2D eigenvalue weighted by Gasteiger charge is 2.32. The highest BCUT2D eigenvalue weighted by atomic mass is 16.5. The molecule has 3 heterocycles. The zero-order valence-electron chi connectivity index (χ0n) is 15.1. The summed E-state index contributed by atoms with van der Waals surface area (Å²) in [6.07, 6.45) is 3.55. The van der Waals surface area contributed by atoms with Crippen LogP contribution in [0.3, 0.4) is 0 Å². The molecule has 1 aromatic heterocycles. The number of amides is 1. The van der Waals surface area contributed by atoms with Gasteiger partial charge in [0.15, 0.2) is 17.1 Å². The average Bonchev–Trinajstić information content (AvgIpc) is 3.30. The van der Waals surface area contributed by atoms with Crippen molar-refractivity contribution in [1.82, 2.24) is 10.1 Å². The standard InChI is InChI=1S/C20H23N3O4/c24-16-9-5-10-22(16)12-14-6-4-11-23(13-14)19-17(20(25)26)18(27-21-19)15-7-2-1-3-8-15/h1-3,7-8,14H,4-6,9-13H2,(H,25,26). The number of anilines is 1. The first kappa shape index (κ1) is 17.6. The van der Waals surface area contributed by atoms with Gasteiger partial charge >= 0.3 is 5.97 Å². The van der Waals surface area contributed by atoms with Crippen LogP contribution in [0.25, 0.3) is 11.3 Å². The first-order chi connectivity index (χ1) is 13.1. The monoisotopic (exact) mass is 369 g/mol. The number of nitrogens with zero attached hydrogens (tertiary/aromatic N) is 3. The average molecular weight is 369 g/mol. The summed E-state index contributed by atoms with van der Waals surface area (Å²) in [6, 6.07) is 9.18. The lowest BCUT2D eigenvalue weighted by molar-refractivity contribution is -0.128. The molecule has 1 unspecified atom stereocenters. The lowest BCUT2D eigenvalue weighted by Crippen LogP contribution is -2.42. The topological polar surface area (TPSA) is 86.9 Å². The third-order valence-corrected chi connectivity index (χ3v) is 5.39. The third kappa shape index (κ3) is 3.54. The predicted octanol–water partition coefficient (Wildman–Crippen LogP) is 2.88. The minimum Gasteiger partial charge on any atom is -0.477 e. The molecule has 7 nitrogen and oxygen atoms in total. The second-order valence-electron chi connectivity index (χ2n) is 7.28. The van der Waals surface area contributed by atoms with Crippen molar-refractivity contribution in [3.63, 3.8) is 0 Å². The van der Waals surface area contributed by atoms with Crippen LogP contribution in [-0.4, -0.2) is 53.2 Å². The molecule has 0 spiro atoms. The minimum absolute atomic E-state index is 0.110. The second-order valence-corrected chi connectivity index (χ2v) is 7.28. The number of likely N-dealkylation sites (tertiary alicyclic amines) is 1. The van der Waals surface area contributed by atoms with Gasteiger partial charge in [0.2, 0.25) is 5.91 Å². The molecule has 4 rings (SSSR count). The lowest BCUT2D eigenvalue weighted by Gasteiger charge is -2.34. The summed E-state index contributed by atoms with van der Waals surface area (Å²) in [5.41, 5.74) is 0.809. The maximum atomic E-state index is 11.9. The van der Waals surface area contributed by atoms with Crippen LogP contribution in [-0.2, 0) is 4.79 Å². The zero-order chi connectivity index (χ0) is 18.8. The molecule has 1 aromatic carbocycles. The number of carboxylic acids is 1. The number of piperidine rings is 1. The Morgan fingerprint density at radius 3 is 2.74 bits per heavy atom. The Kier molecular flexibility index (Phi) is 4.83. The summed E-state index contributed by atoms with van der Waals surface area (Å²) in [7, 11) is 0. The van der Waals surface area contributed by atoms with Crippen molar-refractivity contribution in [2.45, 2.75) is 25.7 Å². The molecular formula is C20H23N3O4. The second kappa shape index (κ2) is 7.42. The summed E-state index contributed by atoms with van der Waals surface area (Å²) in [6.45, 7) is 3.00. The van der Waals surface area contributed by atoms with Crippen molar-refractivity contribution < 1.29 is 19.2 Å². The normalized spacial score (nSPS) is 20.3. The number of aromatic carboxylic acids is 1. The smallest absolute Gasteiger partial charge is 0.343 e. The molecule has 0 bridgehead atoms.